The number of hydrogen-bond donors (Lipinski definition) is 1. The van der Waals surface area contributed by atoms with Crippen LogP contribution in [0.1, 0.15) is 22.6 Å². The van der Waals surface area contributed by atoms with Crippen LogP contribution in [0.5, 0.6) is 0 Å². The zero-order chi connectivity index (χ0) is 13.1. The van der Waals surface area contributed by atoms with E-state index in [0.717, 1.165) is 16.7 Å². The van der Waals surface area contributed by atoms with E-state index in [9.17, 15) is 9.90 Å². The zero-order valence-corrected chi connectivity index (χ0v) is 10.7. The second-order valence-electron chi connectivity index (χ2n) is 4.23. The molecule has 92 valence electrons. The molecule has 0 saturated carbocycles. The Kier molecular flexibility index (Phi) is 3.68. The number of hydrogen-bond acceptors (Lipinski definition) is 1. The summed E-state index contributed by atoms with van der Waals surface area (Å²) >= 11 is 5.82. The molecule has 0 saturated heterocycles. The molecule has 0 bridgehead atoms. The topological polar surface area (TPSA) is 37.3 Å². The van der Waals surface area contributed by atoms with E-state index in [0.29, 0.717) is 5.02 Å². The first-order valence-corrected chi connectivity index (χ1v) is 6.00. The first-order chi connectivity index (χ1) is 8.58. The van der Waals surface area contributed by atoms with Gasteiger partial charge in [0.05, 0.1) is 0 Å². The van der Waals surface area contributed by atoms with E-state index in [1.54, 1.807) is 24.3 Å². The number of benzene rings is 2. The average Bonchev–Trinajstić information content (AvgIpc) is 2.34. The third-order valence-electron chi connectivity index (χ3n) is 2.86. The highest BCUT2D eigenvalue weighted by atomic mass is 35.5. The number of carboxylic acids is 1. The third-order valence-corrected chi connectivity index (χ3v) is 3.11. The molecule has 0 aliphatic rings. The molecule has 0 heterocycles. The van der Waals surface area contributed by atoms with Crippen molar-refractivity contribution in [3.8, 4) is 0 Å². The van der Waals surface area contributed by atoms with Gasteiger partial charge in [0.25, 0.3) is 0 Å². The van der Waals surface area contributed by atoms with Gasteiger partial charge in [0.2, 0.25) is 0 Å². The maximum Gasteiger partial charge on any atom is 0.315 e. The fourth-order valence-electron chi connectivity index (χ4n) is 1.89. The minimum Gasteiger partial charge on any atom is -0.481 e. The van der Waals surface area contributed by atoms with Crippen LogP contribution in [0.15, 0.2) is 48.5 Å². The van der Waals surface area contributed by atoms with Crippen LogP contribution in [0.25, 0.3) is 0 Å². The highest BCUT2D eigenvalue weighted by molar-refractivity contribution is 6.30. The van der Waals surface area contributed by atoms with Crippen LogP contribution < -0.4 is 0 Å². The van der Waals surface area contributed by atoms with Crippen molar-refractivity contribution in [1.29, 1.82) is 0 Å². The number of halogens is 1. The van der Waals surface area contributed by atoms with Gasteiger partial charge in [-0.2, -0.15) is 0 Å². The number of carbonyl (C=O) groups is 1. The van der Waals surface area contributed by atoms with Gasteiger partial charge < -0.3 is 5.11 Å². The average molecular weight is 261 g/mol. The first kappa shape index (κ1) is 12.7. The molecule has 1 N–H and O–H groups in total. The quantitative estimate of drug-likeness (QED) is 0.910. The summed E-state index contributed by atoms with van der Waals surface area (Å²) in [5, 5.41) is 9.99. The third kappa shape index (κ3) is 2.71. The maximum atomic E-state index is 11.4. The SMILES string of the molecule is Cc1ccc(C(C(=O)O)c2ccc(Cl)cc2)cc1. The van der Waals surface area contributed by atoms with E-state index < -0.39 is 11.9 Å². The van der Waals surface area contributed by atoms with Crippen molar-refractivity contribution < 1.29 is 9.90 Å². The van der Waals surface area contributed by atoms with Crippen LogP contribution in [-0.2, 0) is 4.79 Å². The molecule has 18 heavy (non-hydrogen) atoms. The molecule has 2 rings (SSSR count). The molecule has 0 amide bonds. The van der Waals surface area contributed by atoms with Crippen molar-refractivity contribution in [3.63, 3.8) is 0 Å². The fraction of sp³-hybridized carbons (Fsp3) is 0.133. The standard InChI is InChI=1S/C15H13ClO2/c1-10-2-4-11(5-3-10)14(15(17)18)12-6-8-13(16)9-7-12/h2-9,14H,1H3,(H,17,18). The van der Waals surface area contributed by atoms with Gasteiger partial charge in [-0.05, 0) is 30.2 Å². The predicted octanol–water partition coefficient (Wildman–Crippen LogP) is 3.86. The van der Waals surface area contributed by atoms with Crippen LogP contribution in [-0.4, -0.2) is 11.1 Å². The Morgan fingerprint density at radius 2 is 1.44 bits per heavy atom. The van der Waals surface area contributed by atoms with Crippen molar-refractivity contribution in [2.24, 2.45) is 0 Å². The summed E-state index contributed by atoms with van der Waals surface area (Å²) in [4.78, 5) is 11.4. The van der Waals surface area contributed by atoms with Crippen molar-refractivity contribution in [1.82, 2.24) is 0 Å². The maximum absolute atomic E-state index is 11.4. The van der Waals surface area contributed by atoms with Gasteiger partial charge in [0.1, 0.15) is 5.92 Å². The van der Waals surface area contributed by atoms with Crippen LogP contribution in [0.3, 0.4) is 0 Å². The van der Waals surface area contributed by atoms with E-state index >= 15 is 0 Å². The van der Waals surface area contributed by atoms with Gasteiger partial charge in [-0.3, -0.25) is 4.79 Å². The van der Waals surface area contributed by atoms with Crippen LogP contribution in [0, 0.1) is 6.92 Å². The molecule has 3 heteroatoms. The lowest BCUT2D eigenvalue weighted by Crippen LogP contribution is -2.12. The summed E-state index contributed by atoms with van der Waals surface area (Å²) in [6.45, 7) is 1.97. The van der Waals surface area contributed by atoms with Crippen LogP contribution in [0.4, 0.5) is 0 Å². The molecule has 2 aromatic carbocycles. The Balaban J connectivity index is 2.43. The number of aliphatic carboxylic acids is 1. The predicted molar refractivity (Wildman–Crippen MR) is 72.1 cm³/mol. The normalized spacial score (nSPS) is 12.1. The molecular weight excluding hydrogens is 248 g/mol. The smallest absolute Gasteiger partial charge is 0.315 e. The molecule has 0 spiro atoms. The highest BCUT2D eigenvalue weighted by Crippen LogP contribution is 2.26. The summed E-state index contributed by atoms with van der Waals surface area (Å²) in [5.41, 5.74) is 2.62. The highest BCUT2D eigenvalue weighted by Gasteiger charge is 2.21. The Labute approximate surface area is 111 Å². The number of carboxylic acid groups (broad SMARTS) is 1. The molecule has 1 unspecified atom stereocenters. The molecule has 0 aliphatic carbocycles. The second-order valence-corrected chi connectivity index (χ2v) is 4.67. The first-order valence-electron chi connectivity index (χ1n) is 5.63. The van der Waals surface area contributed by atoms with Crippen LogP contribution >= 0.6 is 11.6 Å². The Morgan fingerprint density at radius 1 is 1.00 bits per heavy atom. The zero-order valence-electron chi connectivity index (χ0n) is 9.93. The molecule has 2 nitrogen and oxygen atoms in total. The summed E-state index contributed by atoms with van der Waals surface area (Å²) < 4.78 is 0. The Morgan fingerprint density at radius 3 is 1.89 bits per heavy atom. The summed E-state index contributed by atoms with van der Waals surface area (Å²) in [7, 11) is 0. The van der Waals surface area contributed by atoms with Crippen molar-refractivity contribution in [3.05, 3.63) is 70.2 Å². The lowest BCUT2D eigenvalue weighted by atomic mass is 9.91. The van der Waals surface area contributed by atoms with Crippen LogP contribution in [0.2, 0.25) is 5.02 Å². The largest absolute Gasteiger partial charge is 0.481 e. The van der Waals surface area contributed by atoms with Crippen molar-refractivity contribution in [2.45, 2.75) is 12.8 Å². The molecule has 0 radical (unpaired) electrons. The van der Waals surface area contributed by atoms with E-state index in [-0.39, 0.29) is 0 Å². The Hall–Kier alpha value is -1.80. The Bertz CT molecular complexity index is 498. The fourth-order valence-corrected chi connectivity index (χ4v) is 2.02. The second kappa shape index (κ2) is 5.23. The minimum absolute atomic E-state index is 0.604. The molecule has 0 aromatic heterocycles. The van der Waals surface area contributed by atoms with E-state index in [4.69, 9.17) is 11.6 Å². The van der Waals surface area contributed by atoms with Gasteiger partial charge in [0.15, 0.2) is 0 Å². The lowest BCUT2D eigenvalue weighted by molar-refractivity contribution is -0.137. The van der Waals surface area contributed by atoms with Gasteiger partial charge in [0, 0.05) is 5.02 Å². The van der Waals surface area contributed by atoms with E-state index in [1.807, 2.05) is 31.2 Å². The van der Waals surface area contributed by atoms with Gasteiger partial charge >= 0.3 is 5.97 Å². The molecule has 2 aromatic rings. The summed E-state index contributed by atoms with van der Waals surface area (Å²) in [5.74, 6) is -1.51. The van der Waals surface area contributed by atoms with Crippen molar-refractivity contribution >= 4 is 17.6 Å². The summed E-state index contributed by atoms with van der Waals surface area (Å²) in [6.07, 6.45) is 0. The van der Waals surface area contributed by atoms with Gasteiger partial charge in [-0.25, -0.2) is 0 Å². The minimum atomic E-state index is -0.860. The number of rotatable bonds is 3. The van der Waals surface area contributed by atoms with Crippen molar-refractivity contribution in [2.75, 3.05) is 0 Å². The number of aryl methyl sites for hydroxylation is 1. The monoisotopic (exact) mass is 260 g/mol. The van der Waals surface area contributed by atoms with Gasteiger partial charge in [-0.1, -0.05) is 53.6 Å². The van der Waals surface area contributed by atoms with Gasteiger partial charge in [-0.15, -0.1) is 0 Å². The lowest BCUT2D eigenvalue weighted by Gasteiger charge is -2.13. The molecule has 1 atom stereocenters. The van der Waals surface area contributed by atoms with E-state index in [2.05, 4.69) is 0 Å². The molecule has 0 fully saturated rings. The van der Waals surface area contributed by atoms with E-state index in [1.165, 1.54) is 0 Å². The molecular formula is C15H13ClO2. The summed E-state index contributed by atoms with van der Waals surface area (Å²) in [6, 6.07) is 14.5. The molecule has 0 aliphatic heterocycles.